The van der Waals surface area contributed by atoms with Gasteiger partial charge in [0.25, 0.3) is 0 Å². The molecule has 20 heavy (non-hydrogen) atoms. The highest BCUT2D eigenvalue weighted by Gasteiger charge is 2.26. The van der Waals surface area contributed by atoms with Gasteiger partial charge in [0.1, 0.15) is 6.04 Å². The molecule has 108 valence electrons. The van der Waals surface area contributed by atoms with Crippen LogP contribution in [-0.4, -0.2) is 24.0 Å². The Balaban J connectivity index is 1.56. The molecule has 1 aliphatic heterocycles. The third-order valence-corrected chi connectivity index (χ3v) is 4.48. The Bertz CT molecular complexity index is 480. The van der Waals surface area contributed by atoms with E-state index in [9.17, 15) is 4.79 Å². The second kappa shape index (κ2) is 5.83. The number of nitrogens with two attached hydrogens (primary N) is 1. The van der Waals surface area contributed by atoms with Gasteiger partial charge in [-0.2, -0.15) is 0 Å². The fraction of sp³-hybridized carbons (Fsp3) is 0.562. The lowest BCUT2D eigenvalue weighted by Crippen LogP contribution is -2.47. The number of rotatable bonds is 2. The molecule has 4 nitrogen and oxygen atoms in total. The van der Waals surface area contributed by atoms with Crippen LogP contribution >= 0.6 is 0 Å². The molecule has 0 aromatic heterocycles. The minimum atomic E-state index is -0.0968. The minimum Gasteiger partial charge on any atom is -0.373 e. The van der Waals surface area contributed by atoms with E-state index in [0.717, 1.165) is 44.2 Å². The van der Waals surface area contributed by atoms with Gasteiger partial charge in [-0.05, 0) is 50.2 Å². The summed E-state index contributed by atoms with van der Waals surface area (Å²) in [6.07, 6.45) is 5.90. The lowest BCUT2D eigenvalue weighted by molar-refractivity contribution is -0.123. The third kappa shape index (κ3) is 2.96. The van der Waals surface area contributed by atoms with Gasteiger partial charge in [0.15, 0.2) is 0 Å². The topological polar surface area (TPSA) is 67.1 Å². The van der Waals surface area contributed by atoms with Gasteiger partial charge in [0, 0.05) is 17.8 Å². The number of para-hydroxylation sites is 1. The summed E-state index contributed by atoms with van der Waals surface area (Å²) in [7, 11) is 0. The van der Waals surface area contributed by atoms with E-state index in [2.05, 4.69) is 22.8 Å². The zero-order valence-electron chi connectivity index (χ0n) is 11.8. The molecule has 1 aromatic carbocycles. The van der Waals surface area contributed by atoms with Crippen molar-refractivity contribution in [1.82, 2.24) is 5.32 Å². The van der Waals surface area contributed by atoms with Crippen molar-refractivity contribution in [2.45, 2.75) is 56.7 Å². The van der Waals surface area contributed by atoms with E-state index in [0.29, 0.717) is 12.1 Å². The number of hydrogen-bond acceptors (Lipinski definition) is 3. The summed E-state index contributed by atoms with van der Waals surface area (Å²) in [5.74, 6) is 0.139. The predicted octanol–water partition coefficient (Wildman–Crippen LogP) is 1.80. The number of fused-ring (bicyclic) bond motifs is 1. The number of amides is 1. The van der Waals surface area contributed by atoms with Gasteiger partial charge < -0.3 is 16.4 Å². The summed E-state index contributed by atoms with van der Waals surface area (Å²) in [6.45, 7) is 0. The summed E-state index contributed by atoms with van der Waals surface area (Å²) in [6, 6.07) is 8.76. The highest BCUT2D eigenvalue weighted by molar-refractivity contribution is 5.85. The van der Waals surface area contributed by atoms with Crippen molar-refractivity contribution >= 4 is 11.6 Å². The molecule has 0 spiro atoms. The van der Waals surface area contributed by atoms with E-state index in [4.69, 9.17) is 5.73 Å². The Morgan fingerprint density at radius 3 is 2.70 bits per heavy atom. The smallest absolute Gasteiger partial charge is 0.242 e. The number of benzene rings is 1. The number of nitrogens with one attached hydrogen (secondary N) is 2. The fourth-order valence-corrected chi connectivity index (χ4v) is 3.20. The number of aryl methyl sites for hydroxylation is 1. The lowest BCUT2D eigenvalue weighted by Gasteiger charge is -2.31. The Morgan fingerprint density at radius 2 is 1.90 bits per heavy atom. The SMILES string of the molecule is NC1CCC(NC(=O)C2CCc3ccccc3N2)CC1. The molecule has 1 heterocycles. The summed E-state index contributed by atoms with van der Waals surface area (Å²) in [4.78, 5) is 12.4. The first-order valence-corrected chi connectivity index (χ1v) is 7.63. The molecular weight excluding hydrogens is 250 g/mol. The van der Waals surface area contributed by atoms with Crippen molar-refractivity contribution in [2.75, 3.05) is 5.32 Å². The van der Waals surface area contributed by atoms with Gasteiger partial charge in [-0.1, -0.05) is 18.2 Å². The average Bonchev–Trinajstić information content (AvgIpc) is 2.49. The Hall–Kier alpha value is -1.55. The van der Waals surface area contributed by atoms with Crippen molar-refractivity contribution in [1.29, 1.82) is 0 Å². The molecule has 1 fully saturated rings. The second-order valence-electron chi connectivity index (χ2n) is 6.01. The van der Waals surface area contributed by atoms with E-state index in [-0.39, 0.29) is 11.9 Å². The lowest BCUT2D eigenvalue weighted by atomic mass is 9.91. The zero-order chi connectivity index (χ0) is 13.9. The van der Waals surface area contributed by atoms with Gasteiger partial charge >= 0.3 is 0 Å². The predicted molar refractivity (Wildman–Crippen MR) is 80.5 cm³/mol. The van der Waals surface area contributed by atoms with Gasteiger partial charge in [-0.3, -0.25) is 4.79 Å². The van der Waals surface area contributed by atoms with Gasteiger partial charge in [0.05, 0.1) is 0 Å². The summed E-state index contributed by atoms with van der Waals surface area (Å²) in [5.41, 5.74) is 8.31. The van der Waals surface area contributed by atoms with E-state index < -0.39 is 0 Å². The molecule has 2 aliphatic rings. The zero-order valence-corrected chi connectivity index (χ0v) is 11.8. The molecule has 3 rings (SSSR count). The number of carbonyl (C=O) groups excluding carboxylic acids is 1. The standard InChI is InChI=1S/C16H23N3O/c17-12-6-8-13(9-7-12)18-16(20)15-10-5-11-3-1-2-4-14(11)19-15/h1-4,12-13,15,19H,5-10,17H2,(H,18,20). The van der Waals surface area contributed by atoms with Crippen LogP contribution in [0.4, 0.5) is 5.69 Å². The van der Waals surface area contributed by atoms with Crippen LogP contribution in [0.25, 0.3) is 0 Å². The van der Waals surface area contributed by atoms with Gasteiger partial charge in [0.2, 0.25) is 5.91 Å². The van der Waals surface area contributed by atoms with E-state index in [1.165, 1.54) is 5.56 Å². The molecule has 1 atom stereocenters. The van der Waals surface area contributed by atoms with Crippen molar-refractivity contribution in [3.05, 3.63) is 29.8 Å². The first-order chi connectivity index (χ1) is 9.72. The molecule has 1 unspecified atom stereocenters. The van der Waals surface area contributed by atoms with E-state index in [1.807, 2.05) is 12.1 Å². The van der Waals surface area contributed by atoms with Crippen LogP contribution in [-0.2, 0) is 11.2 Å². The molecule has 4 heteroatoms. The van der Waals surface area contributed by atoms with Crippen LogP contribution in [0.5, 0.6) is 0 Å². The van der Waals surface area contributed by atoms with Crippen molar-refractivity contribution in [3.8, 4) is 0 Å². The first-order valence-electron chi connectivity index (χ1n) is 7.63. The Morgan fingerprint density at radius 1 is 1.15 bits per heavy atom. The molecular formula is C16H23N3O. The van der Waals surface area contributed by atoms with Crippen LogP contribution < -0.4 is 16.4 Å². The maximum Gasteiger partial charge on any atom is 0.242 e. The highest BCUT2D eigenvalue weighted by atomic mass is 16.2. The molecule has 0 saturated heterocycles. The quantitative estimate of drug-likeness (QED) is 0.769. The molecule has 0 bridgehead atoms. The van der Waals surface area contributed by atoms with Crippen LogP contribution in [0.1, 0.15) is 37.7 Å². The average molecular weight is 273 g/mol. The van der Waals surface area contributed by atoms with E-state index >= 15 is 0 Å². The molecule has 0 radical (unpaired) electrons. The van der Waals surface area contributed by atoms with Crippen molar-refractivity contribution in [3.63, 3.8) is 0 Å². The Kier molecular flexibility index (Phi) is 3.92. The third-order valence-electron chi connectivity index (χ3n) is 4.48. The highest BCUT2D eigenvalue weighted by Crippen LogP contribution is 2.25. The molecule has 1 saturated carbocycles. The van der Waals surface area contributed by atoms with Crippen LogP contribution in [0.2, 0.25) is 0 Å². The van der Waals surface area contributed by atoms with E-state index in [1.54, 1.807) is 0 Å². The maximum absolute atomic E-state index is 12.4. The van der Waals surface area contributed by atoms with Crippen LogP contribution in [0, 0.1) is 0 Å². The van der Waals surface area contributed by atoms with Gasteiger partial charge in [-0.25, -0.2) is 0 Å². The monoisotopic (exact) mass is 273 g/mol. The number of hydrogen-bond donors (Lipinski definition) is 3. The Labute approximate surface area is 120 Å². The normalized spacial score (nSPS) is 29.1. The van der Waals surface area contributed by atoms with Crippen molar-refractivity contribution < 1.29 is 4.79 Å². The number of anilines is 1. The van der Waals surface area contributed by atoms with Crippen LogP contribution in [0.3, 0.4) is 0 Å². The summed E-state index contributed by atoms with van der Waals surface area (Å²) >= 11 is 0. The second-order valence-corrected chi connectivity index (χ2v) is 6.01. The largest absolute Gasteiger partial charge is 0.373 e. The first kappa shape index (κ1) is 13.4. The van der Waals surface area contributed by atoms with Gasteiger partial charge in [-0.15, -0.1) is 0 Å². The minimum absolute atomic E-state index is 0.0968. The fourth-order valence-electron chi connectivity index (χ4n) is 3.20. The summed E-state index contributed by atoms with van der Waals surface area (Å²) in [5, 5.41) is 6.54. The molecule has 1 aromatic rings. The molecule has 1 amide bonds. The van der Waals surface area contributed by atoms with Crippen molar-refractivity contribution in [2.24, 2.45) is 5.73 Å². The maximum atomic E-state index is 12.4. The molecule has 4 N–H and O–H groups in total. The summed E-state index contributed by atoms with van der Waals surface area (Å²) < 4.78 is 0. The van der Waals surface area contributed by atoms with Crippen LogP contribution in [0.15, 0.2) is 24.3 Å². The number of carbonyl (C=O) groups is 1. The molecule has 1 aliphatic carbocycles.